The molecular weight excluding hydrogens is 214 g/mol. The van der Waals surface area contributed by atoms with E-state index in [1.54, 1.807) is 6.07 Å². The maximum Gasteiger partial charge on any atom is 0.160 e. The smallest absolute Gasteiger partial charge is 0.160 e. The largest absolute Gasteiger partial charge is 0.394 e. The number of hydrogen-bond acceptors (Lipinski definition) is 5. The minimum Gasteiger partial charge on any atom is -0.394 e. The molecule has 15 heavy (non-hydrogen) atoms. The highest BCUT2D eigenvalue weighted by atomic mass is 32.1. The third-order valence-corrected chi connectivity index (χ3v) is 3.50. The number of carbonyl (C=O) groups is 1. The first-order valence-corrected chi connectivity index (χ1v) is 5.67. The van der Waals surface area contributed by atoms with Crippen molar-refractivity contribution in [2.75, 3.05) is 31.3 Å². The van der Waals surface area contributed by atoms with Gasteiger partial charge in [0.05, 0.1) is 35.7 Å². The van der Waals surface area contributed by atoms with Crippen molar-refractivity contribution in [1.82, 2.24) is 0 Å². The van der Waals surface area contributed by atoms with E-state index in [2.05, 4.69) is 4.90 Å². The van der Waals surface area contributed by atoms with Gasteiger partial charge in [-0.2, -0.15) is 0 Å². The minimum atomic E-state index is 0.0110. The Bertz CT molecular complexity index is 339. The first-order chi connectivity index (χ1) is 7.35. The molecule has 1 aliphatic heterocycles. The van der Waals surface area contributed by atoms with Crippen molar-refractivity contribution < 1.29 is 14.6 Å². The van der Waals surface area contributed by atoms with Crippen molar-refractivity contribution in [3.05, 3.63) is 17.0 Å². The van der Waals surface area contributed by atoms with Crippen LogP contribution in [0.2, 0.25) is 0 Å². The number of thiophene rings is 1. The van der Waals surface area contributed by atoms with Crippen LogP contribution in [0.25, 0.3) is 0 Å². The molecule has 82 valence electrons. The number of hydrogen-bond donors (Lipinski definition) is 1. The molecule has 0 radical (unpaired) electrons. The Morgan fingerprint density at radius 3 is 3.20 bits per heavy atom. The lowest BCUT2D eigenvalue weighted by Crippen LogP contribution is -2.47. The van der Waals surface area contributed by atoms with Gasteiger partial charge in [-0.3, -0.25) is 4.79 Å². The molecule has 0 bridgehead atoms. The van der Waals surface area contributed by atoms with Crippen LogP contribution in [0.15, 0.2) is 12.1 Å². The highest BCUT2D eigenvalue weighted by Gasteiger charge is 2.23. The van der Waals surface area contributed by atoms with Crippen LogP contribution in [0.3, 0.4) is 0 Å². The molecule has 1 fully saturated rings. The first kappa shape index (κ1) is 10.6. The molecule has 0 amide bonds. The second kappa shape index (κ2) is 4.74. The summed E-state index contributed by atoms with van der Waals surface area (Å²) in [6.45, 7) is 2.06. The van der Waals surface area contributed by atoms with Crippen LogP contribution < -0.4 is 4.90 Å². The molecule has 2 heterocycles. The molecule has 1 unspecified atom stereocenters. The van der Waals surface area contributed by atoms with Gasteiger partial charge in [0.25, 0.3) is 0 Å². The van der Waals surface area contributed by atoms with Gasteiger partial charge < -0.3 is 14.7 Å². The molecule has 0 saturated carbocycles. The standard InChI is InChI=1S/C10H13NO3S/c12-5-8-7-14-4-3-11(8)10-2-1-9(6-13)15-10/h1-2,6,8,12H,3-5,7H2. The van der Waals surface area contributed by atoms with Crippen LogP contribution in [-0.2, 0) is 4.74 Å². The topological polar surface area (TPSA) is 49.8 Å². The summed E-state index contributed by atoms with van der Waals surface area (Å²) in [6.07, 6.45) is 0.850. The normalized spacial score (nSPS) is 21.7. The Hall–Kier alpha value is -0.910. The Labute approximate surface area is 92.1 Å². The zero-order chi connectivity index (χ0) is 10.7. The number of morpholine rings is 1. The van der Waals surface area contributed by atoms with E-state index in [0.29, 0.717) is 18.1 Å². The zero-order valence-electron chi connectivity index (χ0n) is 8.26. The second-order valence-electron chi connectivity index (χ2n) is 3.40. The molecule has 0 spiro atoms. The van der Waals surface area contributed by atoms with Crippen molar-refractivity contribution in [3.63, 3.8) is 0 Å². The van der Waals surface area contributed by atoms with Crippen LogP contribution >= 0.6 is 11.3 Å². The number of nitrogens with zero attached hydrogens (tertiary/aromatic N) is 1. The van der Waals surface area contributed by atoms with Crippen LogP contribution in [0.5, 0.6) is 0 Å². The summed E-state index contributed by atoms with van der Waals surface area (Å²) >= 11 is 1.45. The van der Waals surface area contributed by atoms with Crippen LogP contribution in [-0.4, -0.2) is 43.8 Å². The van der Waals surface area contributed by atoms with Gasteiger partial charge in [-0.15, -0.1) is 11.3 Å². The monoisotopic (exact) mass is 227 g/mol. The number of anilines is 1. The van der Waals surface area contributed by atoms with Gasteiger partial charge in [0.15, 0.2) is 6.29 Å². The van der Waals surface area contributed by atoms with E-state index in [1.807, 2.05) is 6.07 Å². The van der Waals surface area contributed by atoms with E-state index in [1.165, 1.54) is 11.3 Å². The predicted molar refractivity (Wildman–Crippen MR) is 58.7 cm³/mol. The third-order valence-electron chi connectivity index (χ3n) is 2.45. The van der Waals surface area contributed by atoms with E-state index in [9.17, 15) is 9.90 Å². The average molecular weight is 227 g/mol. The molecule has 1 saturated heterocycles. The van der Waals surface area contributed by atoms with Crippen molar-refractivity contribution >= 4 is 22.6 Å². The summed E-state index contributed by atoms with van der Waals surface area (Å²) in [4.78, 5) is 13.4. The second-order valence-corrected chi connectivity index (χ2v) is 4.49. The lowest BCUT2D eigenvalue weighted by molar-refractivity contribution is 0.0731. The lowest BCUT2D eigenvalue weighted by Gasteiger charge is -2.35. The summed E-state index contributed by atoms with van der Waals surface area (Å²) < 4.78 is 5.29. The molecule has 1 aromatic heterocycles. The SMILES string of the molecule is O=Cc1ccc(N2CCOCC2CO)s1. The van der Waals surface area contributed by atoms with E-state index < -0.39 is 0 Å². The van der Waals surface area contributed by atoms with Gasteiger partial charge in [0, 0.05) is 6.54 Å². The fourth-order valence-electron chi connectivity index (χ4n) is 1.66. The maximum absolute atomic E-state index is 10.6. The van der Waals surface area contributed by atoms with E-state index in [4.69, 9.17) is 4.74 Å². The summed E-state index contributed by atoms with van der Waals surface area (Å²) in [6, 6.07) is 3.73. The summed E-state index contributed by atoms with van der Waals surface area (Å²) in [5.41, 5.74) is 0. The summed E-state index contributed by atoms with van der Waals surface area (Å²) in [5, 5.41) is 10.2. The van der Waals surface area contributed by atoms with Crippen LogP contribution in [0.1, 0.15) is 9.67 Å². The minimum absolute atomic E-state index is 0.0110. The number of ether oxygens (including phenoxy) is 1. The molecule has 0 aromatic carbocycles. The van der Waals surface area contributed by atoms with Gasteiger partial charge in [0.1, 0.15) is 0 Å². The van der Waals surface area contributed by atoms with Crippen LogP contribution in [0.4, 0.5) is 5.00 Å². The molecule has 1 aromatic rings. The highest BCUT2D eigenvalue weighted by Crippen LogP contribution is 2.27. The Balaban J connectivity index is 2.16. The van der Waals surface area contributed by atoms with Gasteiger partial charge in [-0.1, -0.05) is 0 Å². The summed E-state index contributed by atoms with van der Waals surface area (Å²) in [5.74, 6) is 0. The fraction of sp³-hybridized carbons (Fsp3) is 0.500. The molecule has 4 nitrogen and oxygen atoms in total. The number of aldehydes is 1. The highest BCUT2D eigenvalue weighted by molar-refractivity contribution is 7.17. The van der Waals surface area contributed by atoms with E-state index in [0.717, 1.165) is 17.8 Å². The summed E-state index contributed by atoms with van der Waals surface area (Å²) in [7, 11) is 0. The average Bonchev–Trinajstić information content (AvgIpc) is 2.77. The molecule has 2 rings (SSSR count). The van der Waals surface area contributed by atoms with Crippen molar-refractivity contribution in [3.8, 4) is 0 Å². The molecular formula is C10H13NO3S. The quantitative estimate of drug-likeness (QED) is 0.774. The Morgan fingerprint density at radius 1 is 1.67 bits per heavy atom. The molecule has 1 N–H and O–H groups in total. The fourth-order valence-corrected chi connectivity index (χ4v) is 2.58. The van der Waals surface area contributed by atoms with Gasteiger partial charge >= 0.3 is 0 Å². The van der Waals surface area contributed by atoms with E-state index >= 15 is 0 Å². The molecule has 1 atom stereocenters. The number of aliphatic hydroxyl groups excluding tert-OH is 1. The number of carbonyl (C=O) groups excluding carboxylic acids is 1. The number of rotatable bonds is 3. The van der Waals surface area contributed by atoms with Crippen molar-refractivity contribution in [2.45, 2.75) is 6.04 Å². The predicted octanol–water partition coefficient (Wildman–Crippen LogP) is 0.758. The Morgan fingerprint density at radius 2 is 2.53 bits per heavy atom. The maximum atomic E-state index is 10.6. The van der Waals surface area contributed by atoms with Gasteiger partial charge in [-0.05, 0) is 12.1 Å². The molecule has 5 heteroatoms. The third kappa shape index (κ3) is 2.19. The molecule has 1 aliphatic rings. The van der Waals surface area contributed by atoms with E-state index in [-0.39, 0.29) is 12.6 Å². The van der Waals surface area contributed by atoms with Gasteiger partial charge in [0.2, 0.25) is 0 Å². The number of aliphatic hydroxyl groups is 1. The van der Waals surface area contributed by atoms with Crippen molar-refractivity contribution in [2.24, 2.45) is 0 Å². The molecule has 0 aliphatic carbocycles. The first-order valence-electron chi connectivity index (χ1n) is 4.85. The van der Waals surface area contributed by atoms with Gasteiger partial charge in [-0.25, -0.2) is 0 Å². The Kier molecular flexibility index (Phi) is 3.35. The lowest BCUT2D eigenvalue weighted by atomic mass is 10.2. The zero-order valence-corrected chi connectivity index (χ0v) is 9.07. The van der Waals surface area contributed by atoms with Crippen molar-refractivity contribution in [1.29, 1.82) is 0 Å². The van der Waals surface area contributed by atoms with Crippen LogP contribution in [0, 0.1) is 0 Å².